The summed E-state index contributed by atoms with van der Waals surface area (Å²) in [5.41, 5.74) is 7.75. The van der Waals surface area contributed by atoms with Crippen LogP contribution in [-0.2, 0) is 0 Å². The van der Waals surface area contributed by atoms with Gasteiger partial charge in [0.2, 0.25) is 0 Å². The lowest BCUT2D eigenvalue weighted by Gasteiger charge is -2.27. The predicted octanol–water partition coefficient (Wildman–Crippen LogP) is 14.6. The van der Waals surface area contributed by atoms with Crippen LogP contribution < -0.4 is 4.90 Å². The van der Waals surface area contributed by atoms with Crippen LogP contribution in [0.5, 0.6) is 0 Å². The summed E-state index contributed by atoms with van der Waals surface area (Å²) in [6.45, 7) is 0. The average molecular weight is 674 g/mol. The van der Waals surface area contributed by atoms with Crippen LogP contribution in [0.1, 0.15) is 0 Å². The van der Waals surface area contributed by atoms with Crippen molar-refractivity contribution in [2.45, 2.75) is 0 Å². The molecule has 0 amide bonds. The minimum absolute atomic E-state index is 0.920. The number of nitrogens with zero attached hydrogens (tertiary/aromatic N) is 1. The average Bonchev–Trinajstić information content (AvgIpc) is 3.87. The summed E-state index contributed by atoms with van der Waals surface area (Å²) in [7, 11) is 0. The fraction of sp³-hybridized carbons (Fsp3) is 0. The molecule has 0 saturated heterocycles. The smallest absolute Gasteiger partial charge is 0.143 e. The number of furan rings is 1. The first-order valence-electron chi connectivity index (χ1n) is 16.8. The van der Waals surface area contributed by atoms with Crippen molar-refractivity contribution in [1.29, 1.82) is 0 Å². The molecule has 0 bridgehead atoms. The summed E-state index contributed by atoms with van der Waals surface area (Å²) in [4.78, 5) is 2.48. The highest BCUT2D eigenvalue weighted by molar-refractivity contribution is 7.26. The van der Waals surface area contributed by atoms with Gasteiger partial charge in [-0.1, -0.05) is 109 Å². The summed E-state index contributed by atoms with van der Waals surface area (Å²) in [6, 6.07) is 59.3. The van der Waals surface area contributed by atoms with E-state index in [-0.39, 0.29) is 0 Å². The number of anilines is 3. The fourth-order valence-corrected chi connectivity index (χ4v) is 10.2. The Kier molecular flexibility index (Phi) is 6.03. The maximum atomic E-state index is 6.70. The van der Waals surface area contributed by atoms with Crippen molar-refractivity contribution in [2.75, 3.05) is 4.90 Å². The lowest BCUT2D eigenvalue weighted by Crippen LogP contribution is -2.10. The van der Waals surface area contributed by atoms with Gasteiger partial charge in [-0.2, -0.15) is 0 Å². The summed E-state index contributed by atoms with van der Waals surface area (Å²) in [6.07, 6.45) is 0. The Bertz CT molecular complexity index is 3090. The molecule has 50 heavy (non-hydrogen) atoms. The van der Waals surface area contributed by atoms with Crippen LogP contribution in [0.2, 0.25) is 0 Å². The van der Waals surface area contributed by atoms with Gasteiger partial charge in [-0.05, 0) is 71.1 Å². The maximum Gasteiger partial charge on any atom is 0.143 e. The Labute approximate surface area is 295 Å². The minimum Gasteiger partial charge on any atom is -0.455 e. The second kappa shape index (κ2) is 10.8. The molecule has 0 saturated carbocycles. The topological polar surface area (TPSA) is 16.4 Å². The van der Waals surface area contributed by atoms with Crippen LogP contribution in [0, 0.1) is 0 Å². The van der Waals surface area contributed by atoms with Crippen LogP contribution in [0.15, 0.2) is 168 Å². The van der Waals surface area contributed by atoms with Crippen molar-refractivity contribution < 1.29 is 4.42 Å². The van der Waals surface area contributed by atoms with Crippen LogP contribution >= 0.6 is 22.7 Å². The number of benzene rings is 8. The van der Waals surface area contributed by atoms with Crippen LogP contribution in [-0.4, -0.2) is 0 Å². The van der Waals surface area contributed by atoms with E-state index in [2.05, 4.69) is 169 Å². The Morgan fingerprint density at radius 1 is 0.400 bits per heavy atom. The molecule has 0 aliphatic rings. The standard InChI is InChI=1S/C46H27NOS2/c1-2-10-28(11-3-1)29-20-23-31(24-21-29)47(37-17-8-15-34-33-14-6-7-18-39(33)50-46(34)37)36-16-9-19-40-43(36)44-41(49-40)27-26-38-42(44)35-25-22-30-12-4-5-13-32(30)45(35)48-38/h1-27H. The molecule has 3 heterocycles. The number of thiophene rings is 2. The molecule has 0 radical (unpaired) electrons. The van der Waals surface area contributed by atoms with E-state index in [0.717, 1.165) is 33.3 Å². The van der Waals surface area contributed by atoms with Crippen LogP contribution in [0.4, 0.5) is 17.1 Å². The number of hydrogen-bond donors (Lipinski definition) is 0. The van der Waals surface area contributed by atoms with Gasteiger partial charge < -0.3 is 9.32 Å². The summed E-state index contributed by atoms with van der Waals surface area (Å²) >= 11 is 3.73. The molecule has 11 aromatic rings. The van der Waals surface area contributed by atoms with Gasteiger partial charge in [-0.25, -0.2) is 0 Å². The van der Waals surface area contributed by atoms with Gasteiger partial charge in [-0.3, -0.25) is 0 Å². The Balaban J connectivity index is 1.24. The zero-order chi connectivity index (χ0) is 32.8. The van der Waals surface area contributed by atoms with Gasteiger partial charge in [-0.15, -0.1) is 22.7 Å². The van der Waals surface area contributed by atoms with E-state index < -0.39 is 0 Å². The highest BCUT2D eigenvalue weighted by Crippen LogP contribution is 2.51. The molecule has 0 aliphatic heterocycles. The van der Waals surface area contributed by atoms with Gasteiger partial charge in [0.15, 0.2) is 0 Å². The third-order valence-electron chi connectivity index (χ3n) is 10.1. The second-order valence-corrected chi connectivity index (χ2v) is 15.0. The van der Waals surface area contributed by atoms with E-state index in [1.807, 2.05) is 22.7 Å². The monoisotopic (exact) mass is 673 g/mol. The summed E-state index contributed by atoms with van der Waals surface area (Å²) in [5.74, 6) is 0. The Morgan fingerprint density at radius 2 is 1.10 bits per heavy atom. The van der Waals surface area contributed by atoms with E-state index in [9.17, 15) is 0 Å². The molecule has 11 rings (SSSR count). The van der Waals surface area contributed by atoms with Crippen LogP contribution in [0.3, 0.4) is 0 Å². The van der Waals surface area contributed by atoms with Crippen molar-refractivity contribution >= 4 is 113 Å². The van der Waals surface area contributed by atoms with Crippen molar-refractivity contribution in [3.63, 3.8) is 0 Å². The van der Waals surface area contributed by atoms with Gasteiger partial charge in [0, 0.05) is 57.5 Å². The van der Waals surface area contributed by atoms with Gasteiger partial charge in [0.1, 0.15) is 11.2 Å². The Hall–Kier alpha value is -5.94. The predicted molar refractivity (Wildman–Crippen MR) is 217 cm³/mol. The van der Waals surface area contributed by atoms with Gasteiger partial charge >= 0.3 is 0 Å². The SMILES string of the molecule is c1ccc(-c2ccc(N(c3cccc4c3sc3ccccc34)c3cccc4sc5ccc6oc7c8ccccc8ccc7c6c5c34)cc2)cc1. The molecule has 234 valence electrons. The third kappa shape index (κ3) is 4.07. The Morgan fingerprint density at radius 3 is 2.00 bits per heavy atom. The second-order valence-electron chi connectivity index (χ2n) is 12.8. The lowest BCUT2D eigenvalue weighted by molar-refractivity contribution is 0.673. The van der Waals surface area contributed by atoms with Gasteiger partial charge in [0.05, 0.1) is 16.1 Å². The first-order valence-corrected chi connectivity index (χ1v) is 18.5. The zero-order valence-electron chi connectivity index (χ0n) is 26.8. The highest BCUT2D eigenvalue weighted by Gasteiger charge is 2.24. The van der Waals surface area contributed by atoms with Crippen molar-refractivity contribution in [3.05, 3.63) is 164 Å². The summed E-state index contributed by atoms with van der Waals surface area (Å²) < 4.78 is 11.8. The largest absolute Gasteiger partial charge is 0.455 e. The van der Waals surface area contributed by atoms with Crippen molar-refractivity contribution in [3.8, 4) is 11.1 Å². The number of rotatable bonds is 4. The zero-order valence-corrected chi connectivity index (χ0v) is 28.4. The van der Waals surface area contributed by atoms with E-state index >= 15 is 0 Å². The first-order chi connectivity index (χ1) is 24.8. The molecule has 4 heteroatoms. The van der Waals surface area contributed by atoms with E-state index in [1.165, 1.54) is 67.9 Å². The van der Waals surface area contributed by atoms with Gasteiger partial charge in [0.25, 0.3) is 0 Å². The minimum atomic E-state index is 0.920. The van der Waals surface area contributed by atoms with Crippen LogP contribution in [0.25, 0.3) is 84.2 Å². The highest BCUT2D eigenvalue weighted by atomic mass is 32.1. The number of fused-ring (bicyclic) bond motifs is 12. The molecule has 0 fully saturated rings. The molecule has 0 aliphatic carbocycles. The van der Waals surface area contributed by atoms with E-state index in [4.69, 9.17) is 4.42 Å². The molecule has 0 atom stereocenters. The molecular formula is C46H27NOS2. The third-order valence-corrected chi connectivity index (χ3v) is 12.4. The lowest BCUT2D eigenvalue weighted by atomic mass is 10.0. The fourth-order valence-electron chi connectivity index (χ4n) is 7.82. The normalized spacial score (nSPS) is 12.0. The van der Waals surface area contributed by atoms with E-state index in [0.29, 0.717) is 0 Å². The molecule has 2 nitrogen and oxygen atoms in total. The molecule has 0 N–H and O–H groups in total. The van der Waals surface area contributed by atoms with Crippen molar-refractivity contribution in [1.82, 2.24) is 0 Å². The molecule has 8 aromatic carbocycles. The quantitative estimate of drug-likeness (QED) is 0.185. The number of hydrogen-bond acceptors (Lipinski definition) is 4. The first kappa shape index (κ1) is 28.0. The van der Waals surface area contributed by atoms with Crippen molar-refractivity contribution in [2.24, 2.45) is 0 Å². The molecule has 0 unspecified atom stereocenters. The maximum absolute atomic E-state index is 6.70. The summed E-state index contributed by atoms with van der Waals surface area (Å²) in [5, 5.41) is 9.75. The molecular weight excluding hydrogens is 647 g/mol. The van der Waals surface area contributed by atoms with E-state index in [1.54, 1.807) is 0 Å². The molecule has 3 aromatic heterocycles. The molecule has 0 spiro atoms.